The molecule has 2 aromatic rings. The van der Waals surface area contributed by atoms with Crippen LogP contribution in [0.2, 0.25) is 0 Å². The monoisotopic (exact) mass is 413 g/mol. The summed E-state index contributed by atoms with van der Waals surface area (Å²) in [5.41, 5.74) is 2.05. The fourth-order valence-electron chi connectivity index (χ4n) is 3.93. The second-order valence-electron chi connectivity index (χ2n) is 8.11. The van der Waals surface area contributed by atoms with Crippen LogP contribution in [0.15, 0.2) is 42.5 Å². The topological polar surface area (TPSA) is 48.0 Å². The van der Waals surface area contributed by atoms with E-state index in [1.54, 1.807) is 12.0 Å². The number of anilines is 1. The molecule has 1 amide bonds. The molecule has 2 aromatic carbocycles. The van der Waals surface area contributed by atoms with E-state index in [0.717, 1.165) is 29.7 Å². The number of ether oxygens (including phenoxy) is 3. The smallest absolute Gasteiger partial charge is 0.229 e. The molecule has 2 fully saturated rings. The van der Waals surface area contributed by atoms with Crippen LogP contribution in [0.25, 0.3) is 0 Å². The summed E-state index contributed by atoms with van der Waals surface area (Å²) in [7, 11) is 3.46. The second kappa shape index (κ2) is 8.74. The summed E-state index contributed by atoms with van der Waals surface area (Å²) in [6, 6.07) is 12.5. The largest absolute Gasteiger partial charge is 0.489 e. The van der Waals surface area contributed by atoms with Gasteiger partial charge in [0.25, 0.3) is 0 Å². The van der Waals surface area contributed by atoms with Gasteiger partial charge in [-0.15, -0.1) is 0 Å². The standard InChI is InChI=1S/C24H28FNO4/c1-26(23(27)18-5-6-18)21-7-3-17(4-8-21)16-30-22-14-19(13-20(25)15-22)24(28-2)9-11-29-12-10-24/h3-4,7-8,13-15,18H,5-6,9-12,16H2,1-2H3. The predicted octanol–water partition coefficient (Wildman–Crippen LogP) is 4.43. The average Bonchev–Trinajstić information content (AvgIpc) is 3.63. The molecule has 6 heteroatoms. The molecule has 1 aliphatic heterocycles. The molecular formula is C24H28FNO4. The number of hydrogen-bond donors (Lipinski definition) is 0. The van der Waals surface area contributed by atoms with Crippen molar-refractivity contribution in [1.82, 2.24) is 0 Å². The number of amides is 1. The lowest BCUT2D eigenvalue weighted by molar-refractivity contribution is -0.119. The predicted molar refractivity (Wildman–Crippen MR) is 112 cm³/mol. The van der Waals surface area contributed by atoms with Crippen LogP contribution in [0.1, 0.15) is 36.8 Å². The molecule has 0 radical (unpaired) electrons. The Bertz CT molecular complexity index is 889. The number of methoxy groups -OCH3 is 1. The molecule has 0 spiro atoms. The molecule has 2 aliphatic rings. The molecule has 5 nitrogen and oxygen atoms in total. The molecule has 4 rings (SSSR count). The molecule has 1 heterocycles. The number of hydrogen-bond acceptors (Lipinski definition) is 4. The molecule has 1 saturated heterocycles. The summed E-state index contributed by atoms with van der Waals surface area (Å²) in [5.74, 6) is 0.483. The van der Waals surface area contributed by atoms with Crippen molar-refractivity contribution in [2.24, 2.45) is 5.92 Å². The number of carbonyl (C=O) groups is 1. The highest BCUT2D eigenvalue weighted by Gasteiger charge is 2.35. The fourth-order valence-corrected chi connectivity index (χ4v) is 3.93. The van der Waals surface area contributed by atoms with Gasteiger partial charge in [0.05, 0.1) is 5.60 Å². The summed E-state index contributed by atoms with van der Waals surface area (Å²) >= 11 is 0. The molecule has 1 aliphatic carbocycles. The highest BCUT2D eigenvalue weighted by Crippen LogP contribution is 2.37. The summed E-state index contributed by atoms with van der Waals surface area (Å²) in [6.45, 7) is 1.49. The third-order valence-electron chi connectivity index (χ3n) is 6.07. The third-order valence-corrected chi connectivity index (χ3v) is 6.07. The minimum Gasteiger partial charge on any atom is -0.489 e. The first-order valence-corrected chi connectivity index (χ1v) is 10.4. The Morgan fingerprint density at radius 2 is 1.87 bits per heavy atom. The molecule has 0 aromatic heterocycles. The van der Waals surface area contributed by atoms with Crippen molar-refractivity contribution in [3.05, 3.63) is 59.4 Å². The Morgan fingerprint density at radius 1 is 1.17 bits per heavy atom. The Hall–Kier alpha value is -2.44. The zero-order valence-corrected chi connectivity index (χ0v) is 17.5. The Balaban J connectivity index is 1.43. The van der Waals surface area contributed by atoms with Gasteiger partial charge in [0.15, 0.2) is 0 Å². The van der Waals surface area contributed by atoms with Gasteiger partial charge in [-0.1, -0.05) is 12.1 Å². The minimum absolute atomic E-state index is 0.173. The maximum Gasteiger partial charge on any atom is 0.229 e. The van der Waals surface area contributed by atoms with Crippen LogP contribution < -0.4 is 9.64 Å². The molecule has 0 atom stereocenters. The van der Waals surface area contributed by atoms with Crippen LogP contribution in [0.3, 0.4) is 0 Å². The van der Waals surface area contributed by atoms with Crippen molar-refractivity contribution in [3.8, 4) is 5.75 Å². The number of rotatable bonds is 7. The number of nitrogens with zero attached hydrogens (tertiary/aromatic N) is 1. The first kappa shape index (κ1) is 20.8. The SMILES string of the molecule is COC1(c2cc(F)cc(OCc3ccc(N(C)C(=O)C4CC4)cc3)c2)CCOCC1. The quantitative estimate of drug-likeness (QED) is 0.674. The van der Waals surface area contributed by atoms with E-state index in [0.29, 0.717) is 38.4 Å². The molecule has 1 saturated carbocycles. The van der Waals surface area contributed by atoms with Crippen LogP contribution in [0.5, 0.6) is 5.75 Å². The van der Waals surface area contributed by atoms with Crippen molar-refractivity contribution in [1.29, 1.82) is 0 Å². The lowest BCUT2D eigenvalue weighted by Gasteiger charge is -2.36. The van der Waals surface area contributed by atoms with Gasteiger partial charge >= 0.3 is 0 Å². The van der Waals surface area contributed by atoms with Crippen molar-refractivity contribution >= 4 is 11.6 Å². The summed E-state index contributed by atoms with van der Waals surface area (Å²) in [6.07, 6.45) is 3.34. The van der Waals surface area contributed by atoms with Crippen LogP contribution in [-0.4, -0.2) is 33.3 Å². The van der Waals surface area contributed by atoms with Crippen LogP contribution in [-0.2, 0) is 26.5 Å². The molecule has 0 unspecified atom stereocenters. The lowest BCUT2D eigenvalue weighted by Crippen LogP contribution is -2.35. The number of halogens is 1. The normalized spacial score (nSPS) is 18.1. The molecular weight excluding hydrogens is 385 g/mol. The van der Waals surface area contributed by atoms with E-state index >= 15 is 0 Å². The Morgan fingerprint density at radius 3 is 2.50 bits per heavy atom. The maximum absolute atomic E-state index is 14.3. The van der Waals surface area contributed by atoms with Crippen molar-refractivity contribution in [3.63, 3.8) is 0 Å². The van der Waals surface area contributed by atoms with Gasteiger partial charge in [0.2, 0.25) is 5.91 Å². The first-order chi connectivity index (χ1) is 14.5. The zero-order chi connectivity index (χ0) is 21.1. The van der Waals surface area contributed by atoms with E-state index < -0.39 is 5.60 Å². The first-order valence-electron chi connectivity index (χ1n) is 10.4. The highest BCUT2D eigenvalue weighted by molar-refractivity contribution is 5.95. The van der Waals surface area contributed by atoms with E-state index in [1.165, 1.54) is 12.1 Å². The van der Waals surface area contributed by atoms with E-state index in [9.17, 15) is 9.18 Å². The molecule has 160 valence electrons. The van der Waals surface area contributed by atoms with Gasteiger partial charge in [0.1, 0.15) is 18.2 Å². The highest BCUT2D eigenvalue weighted by atomic mass is 19.1. The van der Waals surface area contributed by atoms with E-state index in [4.69, 9.17) is 14.2 Å². The zero-order valence-electron chi connectivity index (χ0n) is 17.5. The van der Waals surface area contributed by atoms with E-state index in [1.807, 2.05) is 37.4 Å². The molecule has 30 heavy (non-hydrogen) atoms. The van der Waals surface area contributed by atoms with Crippen molar-refractivity contribution in [2.75, 3.05) is 32.3 Å². The van der Waals surface area contributed by atoms with Gasteiger partial charge < -0.3 is 19.1 Å². The van der Waals surface area contributed by atoms with Crippen LogP contribution >= 0.6 is 0 Å². The number of carbonyl (C=O) groups excluding carboxylic acids is 1. The minimum atomic E-state index is -0.543. The summed E-state index contributed by atoms with van der Waals surface area (Å²) in [4.78, 5) is 13.9. The Labute approximate surface area is 176 Å². The van der Waals surface area contributed by atoms with E-state index in [-0.39, 0.29) is 17.6 Å². The second-order valence-corrected chi connectivity index (χ2v) is 8.11. The lowest BCUT2D eigenvalue weighted by atomic mass is 9.86. The van der Waals surface area contributed by atoms with Crippen LogP contribution in [0.4, 0.5) is 10.1 Å². The number of benzene rings is 2. The summed E-state index contributed by atoms with van der Waals surface area (Å²) < 4.78 is 31.4. The third kappa shape index (κ3) is 4.50. The van der Waals surface area contributed by atoms with Gasteiger partial charge in [0, 0.05) is 57.9 Å². The Kier molecular flexibility index (Phi) is 6.06. The van der Waals surface area contributed by atoms with Gasteiger partial charge in [-0.05, 0) is 48.2 Å². The van der Waals surface area contributed by atoms with Gasteiger partial charge in [-0.3, -0.25) is 4.79 Å². The van der Waals surface area contributed by atoms with E-state index in [2.05, 4.69) is 0 Å². The average molecular weight is 413 g/mol. The maximum atomic E-state index is 14.3. The molecule has 0 N–H and O–H groups in total. The van der Waals surface area contributed by atoms with Crippen LogP contribution in [0, 0.1) is 11.7 Å². The van der Waals surface area contributed by atoms with Crippen molar-refractivity contribution < 1.29 is 23.4 Å². The van der Waals surface area contributed by atoms with Crippen molar-refractivity contribution in [2.45, 2.75) is 37.9 Å². The molecule has 0 bridgehead atoms. The fraction of sp³-hybridized carbons (Fsp3) is 0.458. The summed E-state index contributed by atoms with van der Waals surface area (Å²) in [5, 5.41) is 0. The van der Waals surface area contributed by atoms with Gasteiger partial charge in [-0.25, -0.2) is 4.39 Å². The van der Waals surface area contributed by atoms with Gasteiger partial charge in [-0.2, -0.15) is 0 Å².